The highest BCUT2D eigenvalue weighted by molar-refractivity contribution is 7.15. The fourth-order valence-corrected chi connectivity index (χ4v) is 4.58. The zero-order valence-corrected chi connectivity index (χ0v) is 17.3. The normalized spacial score (nSPS) is 17.5. The molecule has 0 N–H and O–H groups in total. The Bertz CT molecular complexity index is 1080. The molecule has 6 nitrogen and oxygen atoms in total. The quantitative estimate of drug-likeness (QED) is 0.579. The van der Waals surface area contributed by atoms with Gasteiger partial charge < -0.3 is 14.2 Å². The van der Waals surface area contributed by atoms with E-state index in [4.69, 9.17) is 9.26 Å². The molecule has 1 saturated heterocycles. The average Bonchev–Trinajstić information content (AvgIpc) is 3.38. The minimum absolute atomic E-state index is 0.100. The lowest BCUT2D eigenvalue weighted by Crippen LogP contribution is -2.39. The number of methoxy groups -OCH3 is 1. The number of ether oxygens (including phenoxy) is 1. The van der Waals surface area contributed by atoms with E-state index in [0.29, 0.717) is 41.4 Å². The van der Waals surface area contributed by atoms with Crippen molar-refractivity contribution in [2.45, 2.75) is 38.3 Å². The van der Waals surface area contributed by atoms with Gasteiger partial charge in [0, 0.05) is 24.7 Å². The van der Waals surface area contributed by atoms with Crippen molar-refractivity contribution in [3.05, 3.63) is 40.0 Å². The van der Waals surface area contributed by atoms with E-state index >= 15 is 0 Å². The van der Waals surface area contributed by atoms with Crippen LogP contribution < -0.4 is 4.74 Å². The van der Waals surface area contributed by atoms with Crippen LogP contribution in [-0.2, 0) is 12.6 Å². The predicted octanol–water partition coefficient (Wildman–Crippen LogP) is 4.89. The Morgan fingerprint density at radius 3 is 2.87 bits per heavy atom. The summed E-state index contributed by atoms with van der Waals surface area (Å²) in [6.07, 6.45) is -2.92. The molecule has 0 spiro atoms. The van der Waals surface area contributed by atoms with Gasteiger partial charge in [0.05, 0.1) is 28.6 Å². The van der Waals surface area contributed by atoms with E-state index in [-0.39, 0.29) is 35.2 Å². The number of piperidine rings is 1. The van der Waals surface area contributed by atoms with Crippen molar-refractivity contribution in [3.63, 3.8) is 0 Å². The van der Waals surface area contributed by atoms with Gasteiger partial charge >= 0.3 is 6.18 Å². The van der Waals surface area contributed by atoms with Crippen LogP contribution in [0.3, 0.4) is 0 Å². The van der Waals surface area contributed by atoms with Crippen molar-refractivity contribution < 1.29 is 27.2 Å². The van der Waals surface area contributed by atoms with Crippen LogP contribution in [0.4, 0.5) is 13.2 Å². The van der Waals surface area contributed by atoms with E-state index in [1.165, 1.54) is 18.4 Å². The largest absolute Gasteiger partial charge is 0.487 e. The standard InChI is InChI=1S/C20H20F3N3O3S/c1-3-12-9-13(20(21,22)23)16-17(25-29-18(16)24-12)11-5-4-8-26(10-11)19(27)14-6-7-15(28-2)30-14/h6-7,9,11H,3-5,8,10H2,1-2H3/t11-/m1/s1. The molecule has 10 heteroatoms. The van der Waals surface area contributed by atoms with Crippen LogP contribution in [0.15, 0.2) is 22.7 Å². The van der Waals surface area contributed by atoms with Crippen LogP contribution in [0.1, 0.15) is 52.3 Å². The highest BCUT2D eigenvalue weighted by atomic mass is 32.1. The van der Waals surface area contributed by atoms with Crippen molar-refractivity contribution in [2.24, 2.45) is 0 Å². The van der Waals surface area contributed by atoms with Crippen molar-refractivity contribution in [2.75, 3.05) is 20.2 Å². The molecule has 4 rings (SSSR count). The number of pyridine rings is 1. The summed E-state index contributed by atoms with van der Waals surface area (Å²) in [6, 6.07) is 4.47. The third-order valence-electron chi connectivity index (χ3n) is 5.28. The summed E-state index contributed by atoms with van der Waals surface area (Å²) in [4.78, 5) is 19.2. The molecule has 1 aliphatic rings. The van der Waals surface area contributed by atoms with E-state index in [9.17, 15) is 18.0 Å². The van der Waals surface area contributed by atoms with Gasteiger partial charge in [-0.15, -0.1) is 0 Å². The summed E-state index contributed by atoms with van der Waals surface area (Å²) in [7, 11) is 1.53. The second kappa shape index (κ2) is 7.90. The maximum atomic E-state index is 13.7. The first-order chi connectivity index (χ1) is 14.3. The van der Waals surface area contributed by atoms with Crippen LogP contribution in [0, 0.1) is 0 Å². The van der Waals surface area contributed by atoms with Gasteiger partial charge in [-0.25, -0.2) is 4.98 Å². The third kappa shape index (κ3) is 3.76. The van der Waals surface area contributed by atoms with Crippen LogP contribution in [0.2, 0.25) is 0 Å². The number of rotatable bonds is 4. The molecule has 0 bridgehead atoms. The fourth-order valence-electron chi connectivity index (χ4n) is 3.79. The molecule has 0 aromatic carbocycles. The first kappa shape index (κ1) is 20.6. The summed E-state index contributed by atoms with van der Waals surface area (Å²) >= 11 is 1.24. The van der Waals surface area contributed by atoms with E-state index in [1.807, 2.05) is 0 Å². The van der Waals surface area contributed by atoms with Crippen molar-refractivity contribution in [3.8, 4) is 5.06 Å². The number of alkyl halides is 3. The van der Waals surface area contributed by atoms with E-state index < -0.39 is 11.7 Å². The number of halogens is 3. The molecule has 1 amide bonds. The second-order valence-electron chi connectivity index (χ2n) is 7.17. The number of hydrogen-bond donors (Lipinski definition) is 0. The minimum Gasteiger partial charge on any atom is -0.487 e. The number of carbonyl (C=O) groups is 1. The molecule has 0 aliphatic carbocycles. The second-order valence-corrected chi connectivity index (χ2v) is 8.22. The highest BCUT2D eigenvalue weighted by Gasteiger charge is 2.38. The number of likely N-dealkylation sites (tertiary alicyclic amines) is 1. The number of amides is 1. The molecule has 1 atom stereocenters. The summed E-state index contributed by atoms with van der Waals surface area (Å²) in [5.74, 6) is -0.524. The van der Waals surface area contributed by atoms with Gasteiger partial charge in [0.2, 0.25) is 0 Å². The van der Waals surface area contributed by atoms with Gasteiger partial charge in [0.15, 0.2) is 5.06 Å². The average molecular weight is 439 g/mol. The smallest absolute Gasteiger partial charge is 0.417 e. The number of hydrogen-bond acceptors (Lipinski definition) is 6. The molecule has 160 valence electrons. The maximum Gasteiger partial charge on any atom is 0.417 e. The lowest BCUT2D eigenvalue weighted by Gasteiger charge is -2.31. The molecule has 30 heavy (non-hydrogen) atoms. The Labute approximate surface area is 174 Å². The molecule has 4 heterocycles. The van der Waals surface area contributed by atoms with Crippen LogP contribution in [0.5, 0.6) is 5.06 Å². The monoisotopic (exact) mass is 439 g/mol. The molecule has 0 unspecified atom stereocenters. The Balaban J connectivity index is 1.67. The number of carbonyl (C=O) groups excluding carboxylic acids is 1. The SMILES string of the molecule is CCc1cc(C(F)(F)F)c2c([C@@H]3CCCN(C(=O)c4ccc(OC)s4)C3)noc2n1. The van der Waals surface area contributed by atoms with E-state index in [1.54, 1.807) is 24.0 Å². The highest BCUT2D eigenvalue weighted by Crippen LogP contribution is 2.40. The molecule has 3 aromatic rings. The molecule has 1 fully saturated rings. The van der Waals surface area contributed by atoms with Gasteiger partial charge in [-0.2, -0.15) is 13.2 Å². The summed E-state index contributed by atoms with van der Waals surface area (Å²) in [5.41, 5.74) is -0.381. The number of aryl methyl sites for hydroxylation is 1. The molecule has 0 saturated carbocycles. The van der Waals surface area contributed by atoms with Crippen LogP contribution in [-0.4, -0.2) is 41.1 Å². The zero-order valence-electron chi connectivity index (χ0n) is 16.5. The van der Waals surface area contributed by atoms with Crippen LogP contribution in [0.25, 0.3) is 11.1 Å². The van der Waals surface area contributed by atoms with E-state index in [2.05, 4.69) is 10.1 Å². The summed E-state index contributed by atoms with van der Waals surface area (Å²) in [6.45, 7) is 2.54. The molecular formula is C20H20F3N3O3S. The molecular weight excluding hydrogens is 419 g/mol. The lowest BCUT2D eigenvalue weighted by molar-refractivity contribution is -0.136. The number of fused-ring (bicyclic) bond motifs is 1. The Hall–Kier alpha value is -2.62. The molecule has 3 aromatic heterocycles. The maximum absolute atomic E-state index is 13.7. The first-order valence-electron chi connectivity index (χ1n) is 9.61. The number of nitrogens with zero attached hydrogens (tertiary/aromatic N) is 3. The van der Waals surface area contributed by atoms with Crippen molar-refractivity contribution >= 4 is 28.3 Å². The lowest BCUT2D eigenvalue weighted by atomic mass is 9.91. The third-order valence-corrected chi connectivity index (χ3v) is 6.32. The summed E-state index contributed by atoms with van der Waals surface area (Å²) in [5, 5.41) is 4.49. The zero-order chi connectivity index (χ0) is 21.5. The predicted molar refractivity (Wildman–Crippen MR) is 105 cm³/mol. The number of thiophene rings is 1. The van der Waals surface area contributed by atoms with Gasteiger partial charge in [-0.3, -0.25) is 4.79 Å². The Kier molecular flexibility index (Phi) is 5.44. The molecule has 0 radical (unpaired) electrons. The van der Waals surface area contributed by atoms with Gasteiger partial charge in [0.1, 0.15) is 0 Å². The fraction of sp³-hybridized carbons (Fsp3) is 0.450. The Morgan fingerprint density at radius 2 is 2.20 bits per heavy atom. The Morgan fingerprint density at radius 1 is 1.40 bits per heavy atom. The number of aromatic nitrogens is 2. The van der Waals surface area contributed by atoms with Crippen molar-refractivity contribution in [1.29, 1.82) is 0 Å². The van der Waals surface area contributed by atoms with Crippen molar-refractivity contribution in [1.82, 2.24) is 15.0 Å². The minimum atomic E-state index is -4.55. The first-order valence-corrected chi connectivity index (χ1v) is 10.4. The molecule has 1 aliphatic heterocycles. The van der Waals surface area contributed by atoms with Gasteiger partial charge in [0.25, 0.3) is 11.6 Å². The van der Waals surface area contributed by atoms with Gasteiger partial charge in [-0.05, 0) is 37.5 Å². The summed E-state index contributed by atoms with van der Waals surface area (Å²) < 4.78 is 51.6. The van der Waals surface area contributed by atoms with Gasteiger partial charge in [-0.1, -0.05) is 23.4 Å². The van der Waals surface area contributed by atoms with E-state index in [0.717, 1.165) is 6.07 Å². The topological polar surface area (TPSA) is 68.5 Å². The van der Waals surface area contributed by atoms with Crippen LogP contribution >= 0.6 is 11.3 Å².